The molecule has 0 bridgehead atoms. The number of nitrogens with one attached hydrogen (secondary N) is 1. The zero-order valence-corrected chi connectivity index (χ0v) is 7.00. The zero-order chi connectivity index (χ0) is 8.69. The van der Waals surface area contributed by atoms with Gasteiger partial charge in [0, 0.05) is 6.04 Å². The van der Waals surface area contributed by atoms with Crippen LogP contribution in [0, 0.1) is 0 Å². The Labute approximate surface area is 67.1 Å². The van der Waals surface area contributed by atoms with E-state index in [4.69, 9.17) is 5.11 Å². The van der Waals surface area contributed by atoms with Crippen molar-refractivity contribution in [3.8, 4) is 0 Å². The van der Waals surface area contributed by atoms with Crippen LogP contribution in [0.4, 0.5) is 0 Å². The largest absolute Gasteiger partial charge is 0.481 e. The van der Waals surface area contributed by atoms with Crippen LogP contribution in [0.2, 0.25) is 0 Å². The molecule has 0 amide bonds. The molecule has 0 aliphatic heterocycles. The number of hydrogen-bond acceptors (Lipinski definition) is 2. The van der Waals surface area contributed by atoms with E-state index in [1.165, 1.54) is 0 Å². The highest BCUT2D eigenvalue weighted by atomic mass is 16.4. The minimum atomic E-state index is -0.769. The second-order valence-electron chi connectivity index (χ2n) is 2.29. The molecule has 0 aliphatic carbocycles. The number of hydrogen-bond donors (Lipinski definition) is 2. The van der Waals surface area contributed by atoms with Crippen molar-refractivity contribution in [2.45, 2.75) is 26.3 Å². The third-order valence-corrected chi connectivity index (χ3v) is 1.29. The summed E-state index contributed by atoms with van der Waals surface area (Å²) in [4.78, 5) is 10.3. The lowest BCUT2D eigenvalue weighted by atomic mass is 10.2. The van der Waals surface area contributed by atoms with Crippen LogP contribution < -0.4 is 5.32 Å². The highest BCUT2D eigenvalue weighted by molar-refractivity contribution is 5.67. The molecule has 0 spiro atoms. The van der Waals surface area contributed by atoms with E-state index in [0.717, 1.165) is 6.54 Å². The summed E-state index contributed by atoms with van der Waals surface area (Å²) in [5.74, 6) is -0.769. The standard InChI is InChI=1S/C8H15NO2/c1-3-5-7(9-4-2)6-8(10)11/h3,5,7,9H,4,6H2,1-2H3,(H,10,11)/b5-3-. The minimum absolute atomic E-state index is 0.0255. The van der Waals surface area contributed by atoms with Crippen molar-refractivity contribution < 1.29 is 9.90 Å². The van der Waals surface area contributed by atoms with Crippen molar-refractivity contribution in [1.82, 2.24) is 5.32 Å². The van der Waals surface area contributed by atoms with Crippen molar-refractivity contribution in [2.24, 2.45) is 0 Å². The van der Waals surface area contributed by atoms with E-state index in [2.05, 4.69) is 5.32 Å². The average molecular weight is 157 g/mol. The van der Waals surface area contributed by atoms with Gasteiger partial charge in [-0.3, -0.25) is 4.79 Å². The van der Waals surface area contributed by atoms with Gasteiger partial charge >= 0.3 is 5.97 Å². The summed E-state index contributed by atoms with van der Waals surface area (Å²) in [7, 11) is 0. The molecule has 0 fully saturated rings. The fourth-order valence-electron chi connectivity index (χ4n) is 0.891. The maximum absolute atomic E-state index is 10.3. The van der Waals surface area contributed by atoms with Crippen molar-refractivity contribution in [1.29, 1.82) is 0 Å². The molecule has 0 aliphatic rings. The summed E-state index contributed by atoms with van der Waals surface area (Å²) in [6.07, 6.45) is 3.87. The maximum atomic E-state index is 10.3. The minimum Gasteiger partial charge on any atom is -0.481 e. The molecule has 0 saturated heterocycles. The van der Waals surface area contributed by atoms with Crippen molar-refractivity contribution in [2.75, 3.05) is 6.54 Å². The first-order valence-electron chi connectivity index (χ1n) is 3.78. The quantitative estimate of drug-likeness (QED) is 0.586. The second-order valence-corrected chi connectivity index (χ2v) is 2.29. The van der Waals surface area contributed by atoms with E-state index in [-0.39, 0.29) is 12.5 Å². The van der Waals surface area contributed by atoms with Gasteiger partial charge in [0.15, 0.2) is 0 Å². The molecule has 11 heavy (non-hydrogen) atoms. The van der Waals surface area contributed by atoms with E-state index in [9.17, 15) is 4.79 Å². The lowest BCUT2D eigenvalue weighted by molar-refractivity contribution is -0.137. The van der Waals surface area contributed by atoms with Gasteiger partial charge < -0.3 is 10.4 Å². The molecule has 0 aromatic carbocycles. The summed E-state index contributed by atoms with van der Waals surface area (Å²) in [6, 6.07) is -0.0255. The Morgan fingerprint density at radius 2 is 2.36 bits per heavy atom. The SMILES string of the molecule is C/C=C\C(CC(=O)O)NCC. The predicted molar refractivity (Wildman–Crippen MR) is 44.5 cm³/mol. The third-order valence-electron chi connectivity index (χ3n) is 1.29. The van der Waals surface area contributed by atoms with Crippen LogP contribution >= 0.6 is 0 Å². The molecule has 3 heteroatoms. The molecule has 2 N–H and O–H groups in total. The van der Waals surface area contributed by atoms with Crippen LogP contribution in [-0.4, -0.2) is 23.7 Å². The lowest BCUT2D eigenvalue weighted by Gasteiger charge is -2.09. The Bertz CT molecular complexity index is 143. The van der Waals surface area contributed by atoms with Crippen molar-refractivity contribution in [3.63, 3.8) is 0 Å². The number of carbonyl (C=O) groups is 1. The first kappa shape index (κ1) is 10.2. The Morgan fingerprint density at radius 3 is 2.73 bits per heavy atom. The van der Waals surface area contributed by atoms with E-state index >= 15 is 0 Å². The van der Waals surface area contributed by atoms with Gasteiger partial charge in [0.05, 0.1) is 6.42 Å². The smallest absolute Gasteiger partial charge is 0.305 e. The molecular weight excluding hydrogens is 142 g/mol. The van der Waals surface area contributed by atoms with E-state index in [1.54, 1.807) is 0 Å². The average Bonchev–Trinajstić information content (AvgIpc) is 1.87. The van der Waals surface area contributed by atoms with Crippen molar-refractivity contribution >= 4 is 5.97 Å². The molecule has 0 rings (SSSR count). The molecular formula is C8H15NO2. The topological polar surface area (TPSA) is 49.3 Å². The van der Waals surface area contributed by atoms with Crippen LogP contribution in [0.5, 0.6) is 0 Å². The molecule has 0 radical (unpaired) electrons. The summed E-state index contributed by atoms with van der Waals surface area (Å²) in [5.41, 5.74) is 0. The van der Waals surface area contributed by atoms with Crippen LogP contribution in [0.15, 0.2) is 12.2 Å². The van der Waals surface area contributed by atoms with Gasteiger partial charge in [-0.15, -0.1) is 0 Å². The number of likely N-dealkylation sites (N-methyl/N-ethyl adjacent to an activating group) is 1. The van der Waals surface area contributed by atoms with Crippen LogP contribution in [0.25, 0.3) is 0 Å². The first-order chi connectivity index (χ1) is 5.20. The van der Waals surface area contributed by atoms with Gasteiger partial charge in [-0.05, 0) is 13.5 Å². The summed E-state index contributed by atoms with van der Waals surface area (Å²) in [6.45, 7) is 4.63. The van der Waals surface area contributed by atoms with Crippen LogP contribution in [0.3, 0.4) is 0 Å². The maximum Gasteiger partial charge on any atom is 0.305 e. The van der Waals surface area contributed by atoms with Gasteiger partial charge in [0.2, 0.25) is 0 Å². The Balaban J connectivity index is 3.78. The summed E-state index contributed by atoms with van der Waals surface area (Å²) < 4.78 is 0. The first-order valence-corrected chi connectivity index (χ1v) is 3.78. The van der Waals surface area contributed by atoms with E-state index < -0.39 is 5.97 Å². The molecule has 0 saturated carbocycles. The molecule has 1 atom stereocenters. The Hall–Kier alpha value is -0.830. The highest BCUT2D eigenvalue weighted by Gasteiger charge is 2.06. The molecule has 64 valence electrons. The van der Waals surface area contributed by atoms with Gasteiger partial charge in [-0.2, -0.15) is 0 Å². The molecule has 0 aromatic heterocycles. The molecule has 0 aromatic rings. The second kappa shape index (κ2) is 5.92. The lowest BCUT2D eigenvalue weighted by Crippen LogP contribution is -2.29. The fraction of sp³-hybridized carbons (Fsp3) is 0.625. The van der Waals surface area contributed by atoms with Gasteiger partial charge in [-0.25, -0.2) is 0 Å². The molecule has 3 nitrogen and oxygen atoms in total. The van der Waals surface area contributed by atoms with Gasteiger partial charge in [0.1, 0.15) is 0 Å². The molecule has 0 heterocycles. The number of allylic oxidation sites excluding steroid dienone is 1. The van der Waals surface area contributed by atoms with Gasteiger partial charge in [-0.1, -0.05) is 19.1 Å². The van der Waals surface area contributed by atoms with Crippen LogP contribution in [0.1, 0.15) is 20.3 Å². The van der Waals surface area contributed by atoms with E-state index in [1.807, 2.05) is 26.0 Å². The summed E-state index contributed by atoms with van der Waals surface area (Å²) in [5, 5.41) is 11.5. The van der Waals surface area contributed by atoms with E-state index in [0.29, 0.717) is 0 Å². The predicted octanol–water partition coefficient (Wildman–Crippen LogP) is 1.02. The Morgan fingerprint density at radius 1 is 1.73 bits per heavy atom. The van der Waals surface area contributed by atoms with Crippen molar-refractivity contribution in [3.05, 3.63) is 12.2 Å². The fourth-order valence-corrected chi connectivity index (χ4v) is 0.891. The van der Waals surface area contributed by atoms with Crippen LogP contribution in [-0.2, 0) is 4.79 Å². The summed E-state index contributed by atoms with van der Waals surface area (Å²) >= 11 is 0. The molecule has 1 unspecified atom stereocenters. The number of carboxylic acids is 1. The normalized spacial score (nSPS) is 13.6. The number of carboxylic acid groups (broad SMARTS) is 1. The monoisotopic (exact) mass is 157 g/mol. The Kier molecular flexibility index (Phi) is 5.47. The third kappa shape index (κ3) is 5.61. The highest BCUT2D eigenvalue weighted by Crippen LogP contribution is 1.93. The van der Waals surface area contributed by atoms with Gasteiger partial charge in [0.25, 0.3) is 0 Å². The zero-order valence-electron chi connectivity index (χ0n) is 7.00. The number of rotatable bonds is 5. The number of aliphatic carboxylic acids is 1.